The van der Waals surface area contributed by atoms with Crippen molar-refractivity contribution in [3.63, 3.8) is 0 Å². The minimum atomic E-state index is -0.679. The number of amides is 2. The fourth-order valence-electron chi connectivity index (χ4n) is 3.72. The second-order valence-electron chi connectivity index (χ2n) is 6.62. The van der Waals surface area contributed by atoms with Gasteiger partial charge in [0.15, 0.2) is 0 Å². The predicted molar refractivity (Wildman–Crippen MR) is 99.8 cm³/mol. The maximum atomic E-state index is 14.1. The second kappa shape index (κ2) is 6.96. The summed E-state index contributed by atoms with van der Waals surface area (Å²) in [7, 11) is 0. The normalized spacial score (nSPS) is 21.3. The molecular formula is C21H19FN2O3. The molecule has 1 saturated heterocycles. The summed E-state index contributed by atoms with van der Waals surface area (Å²) in [6, 6.07) is 10.7. The number of hydrogen-bond acceptors (Lipinski definition) is 3. The molecule has 2 aliphatic rings. The molecule has 2 amide bonds. The van der Waals surface area contributed by atoms with Crippen LogP contribution in [-0.2, 0) is 9.53 Å². The summed E-state index contributed by atoms with van der Waals surface area (Å²) in [5.41, 5.74) is 1.79. The smallest absolute Gasteiger partial charge is 0.256 e. The number of carbonyl (C=O) groups is 2. The van der Waals surface area contributed by atoms with E-state index in [-0.39, 0.29) is 23.7 Å². The first-order valence-corrected chi connectivity index (χ1v) is 8.83. The van der Waals surface area contributed by atoms with E-state index in [9.17, 15) is 14.0 Å². The summed E-state index contributed by atoms with van der Waals surface area (Å²) in [6.07, 6.45) is 1.83. The van der Waals surface area contributed by atoms with Gasteiger partial charge in [-0.1, -0.05) is 30.3 Å². The third-order valence-electron chi connectivity index (χ3n) is 4.99. The summed E-state index contributed by atoms with van der Waals surface area (Å²) in [4.78, 5) is 27.4. The fourth-order valence-corrected chi connectivity index (χ4v) is 3.72. The highest BCUT2D eigenvalue weighted by Gasteiger charge is 2.45. The van der Waals surface area contributed by atoms with Gasteiger partial charge in [0.1, 0.15) is 11.9 Å². The standard InChI is InChI=1S/C21H19FN2O3/c1-2-11-27-18-9-10-24-19(18)20(25)23-17-8-7-13(12-15(17)21(24)26)14-5-3-4-6-16(14)22/h2-8,12,18-19H,1,9-11H2,(H,23,25). The molecule has 5 nitrogen and oxygen atoms in total. The van der Waals surface area contributed by atoms with Crippen molar-refractivity contribution in [1.82, 2.24) is 4.90 Å². The van der Waals surface area contributed by atoms with Gasteiger partial charge >= 0.3 is 0 Å². The van der Waals surface area contributed by atoms with Crippen LogP contribution in [0.2, 0.25) is 0 Å². The largest absolute Gasteiger partial charge is 0.371 e. The van der Waals surface area contributed by atoms with Crippen LogP contribution in [0.4, 0.5) is 10.1 Å². The van der Waals surface area contributed by atoms with Gasteiger partial charge in [-0.25, -0.2) is 4.39 Å². The molecule has 4 rings (SSSR count). The third-order valence-corrected chi connectivity index (χ3v) is 4.99. The molecule has 0 radical (unpaired) electrons. The van der Waals surface area contributed by atoms with Crippen LogP contribution < -0.4 is 5.32 Å². The average molecular weight is 366 g/mol. The van der Waals surface area contributed by atoms with E-state index in [1.807, 2.05) is 0 Å². The van der Waals surface area contributed by atoms with Gasteiger partial charge in [0.2, 0.25) is 5.91 Å². The first-order chi connectivity index (χ1) is 13.1. The SMILES string of the molecule is C=CCOC1CCN2C(=O)c3cc(-c4ccccc4F)ccc3NC(=O)C12. The molecule has 0 spiro atoms. The molecule has 2 aliphatic heterocycles. The monoisotopic (exact) mass is 366 g/mol. The zero-order valence-corrected chi connectivity index (χ0v) is 14.7. The quantitative estimate of drug-likeness (QED) is 0.846. The molecule has 2 atom stereocenters. The average Bonchev–Trinajstić information content (AvgIpc) is 3.06. The number of ether oxygens (including phenoxy) is 1. The number of nitrogens with zero attached hydrogens (tertiary/aromatic N) is 1. The minimum absolute atomic E-state index is 0.253. The Morgan fingerprint density at radius 2 is 2.04 bits per heavy atom. The van der Waals surface area contributed by atoms with Crippen LogP contribution in [-0.4, -0.2) is 42.0 Å². The van der Waals surface area contributed by atoms with Crippen molar-refractivity contribution in [3.8, 4) is 11.1 Å². The Balaban J connectivity index is 1.72. The Morgan fingerprint density at radius 1 is 1.22 bits per heavy atom. The minimum Gasteiger partial charge on any atom is -0.371 e. The number of carbonyl (C=O) groups excluding carboxylic acids is 2. The van der Waals surface area contributed by atoms with Gasteiger partial charge in [0.25, 0.3) is 5.91 Å². The van der Waals surface area contributed by atoms with Crippen molar-refractivity contribution in [3.05, 3.63) is 66.5 Å². The lowest BCUT2D eigenvalue weighted by atomic mass is 10.0. The second-order valence-corrected chi connectivity index (χ2v) is 6.62. The van der Waals surface area contributed by atoms with Crippen molar-refractivity contribution in [2.45, 2.75) is 18.6 Å². The Bertz CT molecular complexity index is 927. The van der Waals surface area contributed by atoms with Gasteiger partial charge in [-0.2, -0.15) is 0 Å². The van der Waals surface area contributed by atoms with Gasteiger partial charge in [-0.05, 0) is 30.2 Å². The van der Waals surface area contributed by atoms with Crippen LogP contribution in [0.5, 0.6) is 0 Å². The summed E-state index contributed by atoms with van der Waals surface area (Å²) < 4.78 is 19.8. The molecule has 2 heterocycles. The van der Waals surface area contributed by atoms with Crippen molar-refractivity contribution < 1.29 is 18.7 Å². The van der Waals surface area contributed by atoms with Crippen LogP contribution in [0, 0.1) is 5.82 Å². The molecule has 0 aliphatic carbocycles. The lowest BCUT2D eigenvalue weighted by Gasteiger charge is -2.24. The zero-order chi connectivity index (χ0) is 19.0. The zero-order valence-electron chi connectivity index (χ0n) is 14.7. The maximum Gasteiger partial charge on any atom is 0.256 e. The van der Waals surface area contributed by atoms with Crippen molar-refractivity contribution in [1.29, 1.82) is 0 Å². The van der Waals surface area contributed by atoms with Crippen LogP contribution in [0.25, 0.3) is 11.1 Å². The van der Waals surface area contributed by atoms with E-state index in [4.69, 9.17) is 4.74 Å². The lowest BCUT2D eigenvalue weighted by molar-refractivity contribution is -0.122. The maximum absolute atomic E-state index is 14.1. The Kier molecular flexibility index (Phi) is 4.49. The highest BCUT2D eigenvalue weighted by Crippen LogP contribution is 2.33. The highest BCUT2D eigenvalue weighted by atomic mass is 19.1. The molecule has 138 valence electrons. The fraction of sp³-hybridized carbons (Fsp3) is 0.238. The van der Waals surface area contributed by atoms with E-state index >= 15 is 0 Å². The van der Waals surface area contributed by atoms with Crippen LogP contribution in [0.15, 0.2) is 55.1 Å². The molecule has 6 heteroatoms. The highest BCUT2D eigenvalue weighted by molar-refractivity contribution is 6.11. The topological polar surface area (TPSA) is 58.6 Å². The number of rotatable bonds is 4. The Hall–Kier alpha value is -2.99. The van der Waals surface area contributed by atoms with Gasteiger partial charge < -0.3 is 15.0 Å². The van der Waals surface area contributed by atoms with Gasteiger partial charge in [-0.15, -0.1) is 6.58 Å². The molecule has 1 fully saturated rings. The first kappa shape index (κ1) is 17.4. The van der Waals surface area contributed by atoms with Crippen LogP contribution in [0.3, 0.4) is 0 Å². The van der Waals surface area contributed by atoms with E-state index < -0.39 is 6.04 Å². The van der Waals surface area contributed by atoms with E-state index in [1.165, 1.54) is 6.07 Å². The van der Waals surface area contributed by atoms with Crippen LogP contribution in [0.1, 0.15) is 16.8 Å². The molecule has 2 aromatic rings. The third kappa shape index (κ3) is 3.02. The summed E-state index contributed by atoms with van der Waals surface area (Å²) in [5.74, 6) is -0.886. The number of benzene rings is 2. The number of fused-ring (bicyclic) bond motifs is 2. The molecule has 0 saturated carbocycles. The van der Waals surface area contributed by atoms with E-state index in [1.54, 1.807) is 47.4 Å². The molecular weight excluding hydrogens is 347 g/mol. The number of nitrogens with one attached hydrogen (secondary N) is 1. The van der Waals surface area contributed by atoms with E-state index in [0.29, 0.717) is 42.0 Å². The molecule has 0 bridgehead atoms. The first-order valence-electron chi connectivity index (χ1n) is 8.83. The van der Waals surface area contributed by atoms with Crippen molar-refractivity contribution >= 4 is 17.5 Å². The predicted octanol–water partition coefficient (Wildman–Crippen LogP) is 3.23. The molecule has 2 unspecified atom stereocenters. The van der Waals surface area contributed by atoms with Crippen LogP contribution >= 0.6 is 0 Å². The van der Waals surface area contributed by atoms with Gasteiger partial charge in [-0.3, -0.25) is 9.59 Å². The number of hydrogen-bond donors (Lipinski definition) is 1. The summed E-state index contributed by atoms with van der Waals surface area (Å²) >= 11 is 0. The molecule has 1 N–H and O–H groups in total. The summed E-state index contributed by atoms with van der Waals surface area (Å²) in [6.45, 7) is 4.37. The van der Waals surface area contributed by atoms with E-state index in [0.717, 1.165) is 0 Å². The Morgan fingerprint density at radius 3 is 2.81 bits per heavy atom. The van der Waals surface area contributed by atoms with Crippen molar-refractivity contribution in [2.24, 2.45) is 0 Å². The molecule has 2 aromatic carbocycles. The molecule has 27 heavy (non-hydrogen) atoms. The Labute approximate surface area is 156 Å². The van der Waals surface area contributed by atoms with Gasteiger partial charge in [0.05, 0.1) is 24.0 Å². The number of halogens is 1. The van der Waals surface area contributed by atoms with E-state index in [2.05, 4.69) is 11.9 Å². The van der Waals surface area contributed by atoms with Gasteiger partial charge in [0, 0.05) is 12.1 Å². The number of anilines is 1. The van der Waals surface area contributed by atoms with Crippen molar-refractivity contribution in [2.75, 3.05) is 18.5 Å². The summed E-state index contributed by atoms with van der Waals surface area (Å²) in [5, 5.41) is 2.82. The molecule has 0 aromatic heterocycles. The lowest BCUT2D eigenvalue weighted by Crippen LogP contribution is -2.46.